The van der Waals surface area contributed by atoms with Crippen LogP contribution in [0.1, 0.15) is 42.6 Å². The van der Waals surface area contributed by atoms with Gasteiger partial charge in [0.1, 0.15) is 0 Å². The number of carbonyl (C=O) groups excluding carboxylic acids is 2. The van der Waals surface area contributed by atoms with Crippen LogP contribution in [0.15, 0.2) is 24.3 Å². The average Bonchev–Trinajstić information content (AvgIpc) is 2.45. The highest BCUT2D eigenvalue weighted by atomic mass is 16.2. The zero-order valence-electron chi connectivity index (χ0n) is 12.5. The van der Waals surface area contributed by atoms with Gasteiger partial charge >= 0.3 is 0 Å². The Morgan fingerprint density at radius 1 is 1.05 bits per heavy atom. The Kier molecular flexibility index (Phi) is 6.77. The summed E-state index contributed by atoms with van der Waals surface area (Å²) in [6.45, 7) is 6.83. The van der Waals surface area contributed by atoms with E-state index in [1.165, 1.54) is 0 Å². The first kappa shape index (κ1) is 16.2. The number of rotatable bonds is 7. The summed E-state index contributed by atoms with van der Waals surface area (Å²) in [6, 6.07) is 7.45. The van der Waals surface area contributed by atoms with Crippen LogP contribution in [0.2, 0.25) is 0 Å². The number of benzene rings is 1. The molecule has 0 atom stereocenters. The van der Waals surface area contributed by atoms with Gasteiger partial charge in [0, 0.05) is 24.6 Å². The minimum absolute atomic E-state index is 0.0696. The molecule has 0 spiro atoms. The summed E-state index contributed by atoms with van der Waals surface area (Å²) in [6.07, 6.45) is 1.69. The first-order chi connectivity index (χ1) is 9.60. The quantitative estimate of drug-likeness (QED) is 0.751. The molecule has 1 rings (SSSR count). The fourth-order valence-corrected chi connectivity index (χ4v) is 2.09. The third-order valence-corrected chi connectivity index (χ3v) is 3.46. The first-order valence-electron chi connectivity index (χ1n) is 7.21. The van der Waals surface area contributed by atoms with Gasteiger partial charge in [-0.2, -0.15) is 0 Å². The Morgan fingerprint density at radius 3 is 2.25 bits per heavy atom. The second-order valence-corrected chi connectivity index (χ2v) is 4.88. The van der Waals surface area contributed by atoms with Crippen LogP contribution in [0.4, 0.5) is 0 Å². The number of amides is 2. The van der Waals surface area contributed by atoms with E-state index in [1.807, 2.05) is 39.0 Å². The van der Waals surface area contributed by atoms with Crippen molar-refractivity contribution in [2.24, 2.45) is 5.92 Å². The Balaban J connectivity index is 2.33. The maximum atomic E-state index is 11.9. The van der Waals surface area contributed by atoms with Gasteiger partial charge < -0.3 is 10.6 Å². The normalized spacial score (nSPS) is 10.4. The molecule has 20 heavy (non-hydrogen) atoms. The van der Waals surface area contributed by atoms with Crippen molar-refractivity contribution >= 4 is 11.8 Å². The van der Waals surface area contributed by atoms with Gasteiger partial charge in [-0.15, -0.1) is 0 Å². The van der Waals surface area contributed by atoms with Crippen molar-refractivity contribution in [3.8, 4) is 0 Å². The van der Waals surface area contributed by atoms with Gasteiger partial charge in [-0.3, -0.25) is 9.59 Å². The van der Waals surface area contributed by atoms with Crippen molar-refractivity contribution in [3.05, 3.63) is 35.4 Å². The van der Waals surface area contributed by atoms with Crippen LogP contribution in [0, 0.1) is 12.8 Å². The number of hydrogen-bond donors (Lipinski definition) is 2. The summed E-state index contributed by atoms with van der Waals surface area (Å²) in [5.41, 5.74) is 1.63. The molecule has 1 aromatic rings. The Bertz CT molecular complexity index is 454. The van der Waals surface area contributed by atoms with Gasteiger partial charge in [0.25, 0.3) is 5.91 Å². The van der Waals surface area contributed by atoms with Gasteiger partial charge in [0.05, 0.1) is 0 Å². The molecule has 4 heteroatoms. The summed E-state index contributed by atoms with van der Waals surface area (Å²) in [5, 5.41) is 5.67. The van der Waals surface area contributed by atoms with E-state index >= 15 is 0 Å². The Labute approximate surface area is 121 Å². The summed E-state index contributed by atoms with van der Waals surface area (Å²) in [7, 11) is 0. The third kappa shape index (κ3) is 4.68. The number of hydrogen-bond acceptors (Lipinski definition) is 2. The molecular weight excluding hydrogens is 252 g/mol. The van der Waals surface area contributed by atoms with E-state index in [0.717, 1.165) is 18.4 Å². The van der Waals surface area contributed by atoms with Crippen molar-refractivity contribution < 1.29 is 9.59 Å². The molecule has 4 nitrogen and oxygen atoms in total. The topological polar surface area (TPSA) is 58.2 Å². The van der Waals surface area contributed by atoms with Crippen LogP contribution < -0.4 is 10.6 Å². The second kappa shape index (κ2) is 8.35. The smallest absolute Gasteiger partial charge is 0.251 e. The molecule has 1 aromatic carbocycles. The minimum atomic E-state index is -0.0973. The highest BCUT2D eigenvalue weighted by Gasteiger charge is 2.13. The Morgan fingerprint density at radius 2 is 1.65 bits per heavy atom. The lowest BCUT2D eigenvalue weighted by molar-refractivity contribution is -0.125. The zero-order chi connectivity index (χ0) is 15.0. The summed E-state index contributed by atoms with van der Waals surface area (Å²) in [4.78, 5) is 23.7. The molecule has 0 saturated heterocycles. The van der Waals surface area contributed by atoms with Crippen molar-refractivity contribution in [2.45, 2.75) is 33.6 Å². The van der Waals surface area contributed by atoms with Gasteiger partial charge in [0.2, 0.25) is 5.91 Å². The lowest BCUT2D eigenvalue weighted by Crippen LogP contribution is -2.37. The summed E-state index contributed by atoms with van der Waals surface area (Å²) >= 11 is 0. The Hall–Kier alpha value is -1.84. The van der Waals surface area contributed by atoms with E-state index < -0.39 is 0 Å². The zero-order valence-corrected chi connectivity index (χ0v) is 12.5. The fraction of sp³-hybridized carbons (Fsp3) is 0.500. The number of aryl methyl sites for hydroxylation is 1. The molecule has 2 N–H and O–H groups in total. The predicted octanol–water partition coefficient (Wildman–Crippen LogP) is 2.28. The molecular formula is C16H24N2O2. The van der Waals surface area contributed by atoms with Crippen molar-refractivity contribution in [2.75, 3.05) is 13.1 Å². The second-order valence-electron chi connectivity index (χ2n) is 4.88. The largest absolute Gasteiger partial charge is 0.354 e. The van der Waals surface area contributed by atoms with E-state index in [9.17, 15) is 9.59 Å². The number of nitrogens with one attached hydrogen (secondary N) is 2. The summed E-state index contributed by atoms with van der Waals surface area (Å²) in [5.74, 6) is 0.0436. The molecule has 0 bridgehead atoms. The highest BCUT2D eigenvalue weighted by molar-refractivity contribution is 5.95. The van der Waals surface area contributed by atoms with Crippen LogP contribution in [-0.2, 0) is 4.79 Å². The molecule has 0 aliphatic carbocycles. The first-order valence-corrected chi connectivity index (χ1v) is 7.21. The third-order valence-electron chi connectivity index (χ3n) is 3.46. The molecule has 0 unspecified atom stereocenters. The monoisotopic (exact) mass is 276 g/mol. The van der Waals surface area contributed by atoms with E-state index in [-0.39, 0.29) is 17.7 Å². The fourth-order valence-electron chi connectivity index (χ4n) is 2.09. The van der Waals surface area contributed by atoms with Crippen molar-refractivity contribution in [1.82, 2.24) is 10.6 Å². The van der Waals surface area contributed by atoms with Crippen LogP contribution in [-0.4, -0.2) is 24.9 Å². The molecule has 0 aliphatic heterocycles. The molecule has 2 amide bonds. The predicted molar refractivity (Wildman–Crippen MR) is 80.6 cm³/mol. The van der Waals surface area contributed by atoms with E-state index in [4.69, 9.17) is 0 Å². The van der Waals surface area contributed by atoms with Crippen molar-refractivity contribution in [1.29, 1.82) is 0 Å². The van der Waals surface area contributed by atoms with Gasteiger partial charge in [-0.25, -0.2) is 0 Å². The van der Waals surface area contributed by atoms with E-state index in [2.05, 4.69) is 10.6 Å². The van der Waals surface area contributed by atoms with Crippen LogP contribution in [0.25, 0.3) is 0 Å². The SMILES string of the molecule is CCC(CC)C(=O)NCCNC(=O)c1ccccc1C. The van der Waals surface area contributed by atoms with Gasteiger partial charge in [-0.05, 0) is 31.4 Å². The van der Waals surface area contributed by atoms with E-state index in [1.54, 1.807) is 6.07 Å². The molecule has 0 heterocycles. The van der Waals surface area contributed by atoms with Gasteiger partial charge in [-0.1, -0.05) is 32.0 Å². The number of carbonyl (C=O) groups is 2. The molecule has 0 radical (unpaired) electrons. The molecule has 110 valence electrons. The van der Waals surface area contributed by atoms with E-state index in [0.29, 0.717) is 18.7 Å². The highest BCUT2D eigenvalue weighted by Crippen LogP contribution is 2.07. The molecule has 0 aromatic heterocycles. The maximum absolute atomic E-state index is 11.9. The molecule has 0 saturated carbocycles. The van der Waals surface area contributed by atoms with Crippen LogP contribution in [0.3, 0.4) is 0 Å². The van der Waals surface area contributed by atoms with Crippen molar-refractivity contribution in [3.63, 3.8) is 0 Å². The molecule has 0 aliphatic rings. The molecule has 0 fully saturated rings. The standard InChI is InChI=1S/C16H24N2O2/c1-4-13(5-2)15(19)17-10-11-18-16(20)14-9-7-6-8-12(14)3/h6-9,13H,4-5,10-11H2,1-3H3,(H,17,19)(H,18,20). The minimum Gasteiger partial charge on any atom is -0.354 e. The van der Waals surface area contributed by atoms with Crippen LogP contribution in [0.5, 0.6) is 0 Å². The lowest BCUT2D eigenvalue weighted by Gasteiger charge is -2.13. The lowest BCUT2D eigenvalue weighted by atomic mass is 10.0. The summed E-state index contributed by atoms with van der Waals surface area (Å²) < 4.78 is 0. The van der Waals surface area contributed by atoms with Crippen LogP contribution >= 0.6 is 0 Å². The maximum Gasteiger partial charge on any atom is 0.251 e. The van der Waals surface area contributed by atoms with Gasteiger partial charge in [0.15, 0.2) is 0 Å². The average molecular weight is 276 g/mol.